The van der Waals surface area contributed by atoms with E-state index >= 15 is 0 Å². The third kappa shape index (κ3) is 3.67. The molecule has 3 aliphatic heterocycles. The highest BCUT2D eigenvalue weighted by atomic mass is 32.1. The average Bonchev–Trinajstić information content (AvgIpc) is 3.16. The number of carbonyl (C=O) groups excluding carboxylic acids is 1. The first kappa shape index (κ1) is 18.3. The number of piperidine rings is 2. The maximum Gasteiger partial charge on any atom is 0.228 e. The van der Waals surface area contributed by atoms with E-state index in [1.807, 2.05) is 6.20 Å². The lowest BCUT2D eigenvalue weighted by Gasteiger charge is -2.53. The van der Waals surface area contributed by atoms with E-state index in [2.05, 4.69) is 31.9 Å². The van der Waals surface area contributed by atoms with Gasteiger partial charge in [0.1, 0.15) is 0 Å². The summed E-state index contributed by atoms with van der Waals surface area (Å²) >= 11 is 1.51. The average molecular weight is 379 g/mol. The largest absolute Gasteiger partial charge is 0.381 e. The van der Waals surface area contributed by atoms with E-state index in [1.165, 1.54) is 17.1 Å². The fourth-order valence-electron chi connectivity index (χ4n) is 4.91. The molecule has 0 bridgehead atoms. The zero-order chi connectivity index (χ0) is 18.0. The lowest BCUT2D eigenvalue weighted by atomic mass is 9.67. The van der Waals surface area contributed by atoms with E-state index in [-0.39, 0.29) is 23.4 Å². The Balaban J connectivity index is 1.53. The van der Waals surface area contributed by atoms with Gasteiger partial charge in [-0.3, -0.25) is 9.69 Å². The maximum atomic E-state index is 13.5. The molecule has 7 heteroatoms. The van der Waals surface area contributed by atoms with Crippen molar-refractivity contribution in [2.24, 2.45) is 5.41 Å². The summed E-state index contributed by atoms with van der Waals surface area (Å²) in [5.74, 6) is 0.288. The lowest BCUT2D eigenvalue weighted by molar-refractivity contribution is -0.146. The van der Waals surface area contributed by atoms with Gasteiger partial charge in [-0.05, 0) is 69.3 Å². The van der Waals surface area contributed by atoms with E-state index in [9.17, 15) is 4.79 Å². The quantitative estimate of drug-likeness (QED) is 0.865. The second kappa shape index (κ2) is 7.92. The molecule has 1 aromatic rings. The molecule has 0 aromatic carbocycles. The molecule has 1 aromatic heterocycles. The molecule has 0 aliphatic carbocycles. The smallest absolute Gasteiger partial charge is 0.228 e. The Bertz CT molecular complexity index is 605. The van der Waals surface area contributed by atoms with Gasteiger partial charge < -0.3 is 15.0 Å². The standard InChI is InChI=1S/C19H30N4O2S/c1-22-8-6-19(18(24)21-16-3-9-25-10-4-16)5-2-7-23(17(19)13-22)12-15-11-20-26-14-15/h11,14,16-17H,2-10,12-13H2,1H3,(H,21,24)/t17-,19+/m0/s1. The summed E-state index contributed by atoms with van der Waals surface area (Å²) in [4.78, 5) is 18.4. The molecule has 0 spiro atoms. The van der Waals surface area contributed by atoms with Crippen molar-refractivity contribution < 1.29 is 9.53 Å². The van der Waals surface area contributed by atoms with E-state index < -0.39 is 0 Å². The molecular weight excluding hydrogens is 348 g/mol. The van der Waals surface area contributed by atoms with Crippen molar-refractivity contribution in [2.75, 3.05) is 39.9 Å². The van der Waals surface area contributed by atoms with Gasteiger partial charge in [0.2, 0.25) is 5.91 Å². The van der Waals surface area contributed by atoms with Gasteiger partial charge in [0.25, 0.3) is 0 Å². The molecule has 4 rings (SSSR count). The first-order valence-electron chi connectivity index (χ1n) is 9.87. The van der Waals surface area contributed by atoms with Crippen LogP contribution in [0.5, 0.6) is 0 Å². The number of rotatable bonds is 4. The number of hydrogen-bond donors (Lipinski definition) is 1. The number of ether oxygens (including phenoxy) is 1. The number of hydrogen-bond acceptors (Lipinski definition) is 6. The predicted octanol–water partition coefficient (Wildman–Crippen LogP) is 1.72. The predicted molar refractivity (Wildman–Crippen MR) is 102 cm³/mol. The van der Waals surface area contributed by atoms with Crippen LogP contribution in [0.25, 0.3) is 0 Å². The van der Waals surface area contributed by atoms with Gasteiger partial charge in [0.05, 0.1) is 5.41 Å². The van der Waals surface area contributed by atoms with Crippen LogP contribution in [0, 0.1) is 5.41 Å². The molecule has 0 saturated carbocycles. The molecule has 3 fully saturated rings. The number of aromatic nitrogens is 1. The Morgan fingerprint density at radius 2 is 2.23 bits per heavy atom. The molecular formula is C19H30N4O2S. The van der Waals surface area contributed by atoms with Crippen molar-refractivity contribution in [3.05, 3.63) is 17.1 Å². The first-order valence-corrected chi connectivity index (χ1v) is 10.7. The Hall–Kier alpha value is -1.02. The summed E-state index contributed by atoms with van der Waals surface area (Å²) < 4.78 is 9.70. The van der Waals surface area contributed by atoms with Crippen LogP contribution in [0.1, 0.15) is 37.7 Å². The highest BCUT2D eigenvalue weighted by Gasteiger charge is 2.52. The van der Waals surface area contributed by atoms with E-state index in [4.69, 9.17) is 4.74 Å². The second-order valence-corrected chi connectivity index (χ2v) is 8.81. The van der Waals surface area contributed by atoms with E-state index in [0.29, 0.717) is 0 Å². The summed E-state index contributed by atoms with van der Waals surface area (Å²) in [6.07, 6.45) is 6.92. The number of likely N-dealkylation sites (tertiary alicyclic amines) is 2. The number of fused-ring (bicyclic) bond motifs is 1. The monoisotopic (exact) mass is 378 g/mol. The zero-order valence-corrected chi connectivity index (χ0v) is 16.5. The van der Waals surface area contributed by atoms with Gasteiger partial charge in [0, 0.05) is 50.0 Å². The van der Waals surface area contributed by atoms with E-state index in [0.717, 1.165) is 71.5 Å². The topological polar surface area (TPSA) is 57.7 Å². The van der Waals surface area contributed by atoms with Gasteiger partial charge in [-0.1, -0.05) is 0 Å². The summed E-state index contributed by atoms with van der Waals surface area (Å²) in [7, 11) is 2.18. The van der Waals surface area contributed by atoms with Crippen LogP contribution in [0.15, 0.2) is 11.6 Å². The van der Waals surface area contributed by atoms with Crippen LogP contribution in [-0.2, 0) is 16.1 Å². The van der Waals surface area contributed by atoms with Crippen molar-refractivity contribution in [2.45, 2.75) is 50.7 Å². The minimum atomic E-state index is -0.244. The highest BCUT2D eigenvalue weighted by molar-refractivity contribution is 7.03. The fourth-order valence-corrected chi connectivity index (χ4v) is 5.43. The molecule has 6 nitrogen and oxygen atoms in total. The molecule has 3 aliphatic rings. The molecule has 2 atom stereocenters. The van der Waals surface area contributed by atoms with E-state index in [1.54, 1.807) is 0 Å². The van der Waals surface area contributed by atoms with Crippen LogP contribution in [-0.4, -0.2) is 72.1 Å². The van der Waals surface area contributed by atoms with Crippen molar-refractivity contribution in [1.29, 1.82) is 0 Å². The number of carbonyl (C=O) groups is 1. The van der Waals surface area contributed by atoms with Crippen LogP contribution < -0.4 is 5.32 Å². The SMILES string of the molecule is CN1CC[C@]2(C(=O)NC3CCOCC3)CCCN(Cc3cnsc3)[C@H]2C1. The molecule has 1 N–H and O–H groups in total. The Morgan fingerprint density at radius 3 is 3.00 bits per heavy atom. The molecule has 0 radical (unpaired) electrons. The molecule has 4 heterocycles. The van der Waals surface area contributed by atoms with Crippen molar-refractivity contribution in [3.63, 3.8) is 0 Å². The molecule has 1 amide bonds. The van der Waals surface area contributed by atoms with Crippen LogP contribution >= 0.6 is 11.5 Å². The number of nitrogens with zero attached hydrogens (tertiary/aromatic N) is 3. The van der Waals surface area contributed by atoms with Crippen molar-refractivity contribution in [3.8, 4) is 0 Å². The third-order valence-electron chi connectivity index (χ3n) is 6.45. The minimum absolute atomic E-state index is 0.244. The normalized spacial score (nSPS) is 31.5. The molecule has 144 valence electrons. The zero-order valence-electron chi connectivity index (χ0n) is 15.7. The van der Waals surface area contributed by atoms with Gasteiger partial charge in [-0.15, -0.1) is 0 Å². The van der Waals surface area contributed by atoms with Gasteiger partial charge >= 0.3 is 0 Å². The lowest BCUT2D eigenvalue weighted by Crippen LogP contribution is -2.65. The third-order valence-corrected chi connectivity index (χ3v) is 7.08. The highest BCUT2D eigenvalue weighted by Crippen LogP contribution is 2.43. The van der Waals surface area contributed by atoms with Crippen LogP contribution in [0.2, 0.25) is 0 Å². The number of amides is 1. The molecule has 3 saturated heterocycles. The van der Waals surface area contributed by atoms with Crippen molar-refractivity contribution >= 4 is 17.4 Å². The van der Waals surface area contributed by atoms with Crippen LogP contribution in [0.4, 0.5) is 0 Å². The van der Waals surface area contributed by atoms with Gasteiger partial charge in [-0.25, -0.2) is 4.37 Å². The Morgan fingerprint density at radius 1 is 1.38 bits per heavy atom. The summed E-state index contributed by atoms with van der Waals surface area (Å²) in [6.45, 7) is 5.48. The Labute approximate surface area is 160 Å². The number of nitrogens with one attached hydrogen (secondary N) is 1. The Kier molecular flexibility index (Phi) is 5.59. The second-order valence-electron chi connectivity index (χ2n) is 8.15. The number of likely N-dealkylation sites (N-methyl/N-ethyl adjacent to an activating group) is 1. The van der Waals surface area contributed by atoms with Gasteiger partial charge in [0.15, 0.2) is 0 Å². The molecule has 26 heavy (non-hydrogen) atoms. The van der Waals surface area contributed by atoms with Crippen molar-refractivity contribution in [1.82, 2.24) is 19.5 Å². The van der Waals surface area contributed by atoms with Crippen LogP contribution in [0.3, 0.4) is 0 Å². The summed E-state index contributed by atoms with van der Waals surface area (Å²) in [5, 5.41) is 5.53. The molecule has 0 unspecified atom stereocenters. The summed E-state index contributed by atoms with van der Waals surface area (Å²) in [6, 6.07) is 0.567. The summed E-state index contributed by atoms with van der Waals surface area (Å²) in [5.41, 5.74) is 1.02. The first-order chi connectivity index (χ1) is 12.7. The minimum Gasteiger partial charge on any atom is -0.381 e. The van der Waals surface area contributed by atoms with Gasteiger partial charge in [-0.2, -0.15) is 0 Å². The maximum absolute atomic E-state index is 13.5. The fraction of sp³-hybridized carbons (Fsp3) is 0.789.